The molecular formula is C11H19ClF2N2O. The van der Waals surface area contributed by atoms with Crippen molar-refractivity contribution in [1.29, 1.82) is 0 Å². The maximum absolute atomic E-state index is 12.9. The van der Waals surface area contributed by atoms with Gasteiger partial charge in [0, 0.05) is 31.8 Å². The first kappa shape index (κ1) is 14.6. The number of nitrogens with one attached hydrogen (secondary N) is 1. The minimum atomic E-state index is -2.56. The van der Waals surface area contributed by atoms with Crippen LogP contribution in [-0.2, 0) is 4.79 Å². The molecule has 0 aromatic rings. The number of nitrogens with zero attached hydrogens (tertiary/aromatic N) is 1. The predicted octanol–water partition coefficient (Wildman–Crippen LogP) is 1.67. The van der Waals surface area contributed by atoms with E-state index in [1.807, 2.05) is 0 Å². The van der Waals surface area contributed by atoms with E-state index in [0.717, 1.165) is 25.9 Å². The molecule has 0 saturated carbocycles. The van der Waals surface area contributed by atoms with Gasteiger partial charge in [0.15, 0.2) is 0 Å². The van der Waals surface area contributed by atoms with Crippen LogP contribution in [0.5, 0.6) is 0 Å². The van der Waals surface area contributed by atoms with Gasteiger partial charge in [-0.05, 0) is 25.9 Å². The zero-order valence-electron chi connectivity index (χ0n) is 9.75. The fourth-order valence-corrected chi connectivity index (χ4v) is 2.38. The van der Waals surface area contributed by atoms with Crippen molar-refractivity contribution in [3.63, 3.8) is 0 Å². The monoisotopic (exact) mass is 268 g/mol. The van der Waals surface area contributed by atoms with Gasteiger partial charge in [-0.15, -0.1) is 12.4 Å². The maximum atomic E-state index is 12.9. The van der Waals surface area contributed by atoms with Gasteiger partial charge in [-0.1, -0.05) is 0 Å². The molecule has 0 aliphatic carbocycles. The summed E-state index contributed by atoms with van der Waals surface area (Å²) in [7, 11) is 0. The van der Waals surface area contributed by atoms with E-state index < -0.39 is 5.92 Å². The van der Waals surface area contributed by atoms with E-state index in [-0.39, 0.29) is 50.2 Å². The Morgan fingerprint density at radius 3 is 2.24 bits per heavy atom. The van der Waals surface area contributed by atoms with Crippen molar-refractivity contribution < 1.29 is 13.6 Å². The van der Waals surface area contributed by atoms with Crippen LogP contribution in [-0.4, -0.2) is 42.9 Å². The van der Waals surface area contributed by atoms with Crippen LogP contribution in [0.25, 0.3) is 0 Å². The zero-order chi connectivity index (χ0) is 11.6. The number of amides is 1. The highest BCUT2D eigenvalue weighted by molar-refractivity contribution is 5.85. The SMILES string of the molecule is Cl.O=C(C1CCNCC1)N1CCC(F)(F)CC1. The predicted molar refractivity (Wildman–Crippen MR) is 63.6 cm³/mol. The lowest BCUT2D eigenvalue weighted by atomic mass is 9.95. The Morgan fingerprint density at radius 1 is 1.18 bits per heavy atom. The van der Waals surface area contributed by atoms with Crippen LogP contribution in [0.4, 0.5) is 8.78 Å². The smallest absolute Gasteiger partial charge is 0.251 e. The summed E-state index contributed by atoms with van der Waals surface area (Å²) in [6, 6.07) is 0. The van der Waals surface area contributed by atoms with Gasteiger partial charge in [0.25, 0.3) is 5.92 Å². The summed E-state index contributed by atoms with van der Waals surface area (Å²) in [6.07, 6.45) is 1.32. The molecule has 0 bridgehead atoms. The molecule has 1 amide bonds. The molecule has 2 fully saturated rings. The zero-order valence-corrected chi connectivity index (χ0v) is 10.6. The third-order valence-corrected chi connectivity index (χ3v) is 3.50. The van der Waals surface area contributed by atoms with Gasteiger partial charge in [0.05, 0.1) is 0 Å². The summed E-state index contributed by atoms with van der Waals surface area (Å²) in [5, 5.41) is 3.19. The van der Waals surface area contributed by atoms with Crippen LogP contribution >= 0.6 is 12.4 Å². The van der Waals surface area contributed by atoms with E-state index in [9.17, 15) is 13.6 Å². The second-order valence-corrected chi connectivity index (χ2v) is 4.71. The topological polar surface area (TPSA) is 32.3 Å². The highest BCUT2D eigenvalue weighted by atomic mass is 35.5. The Morgan fingerprint density at radius 2 is 1.71 bits per heavy atom. The van der Waals surface area contributed by atoms with E-state index in [0.29, 0.717) is 0 Å². The molecular weight excluding hydrogens is 250 g/mol. The minimum absolute atomic E-state index is 0. The quantitative estimate of drug-likeness (QED) is 0.785. The standard InChI is InChI=1S/C11H18F2N2O.ClH/c12-11(13)3-7-15(8-4-11)10(16)9-1-5-14-6-2-9;/h9,14H,1-8H2;1H. The number of carbonyl (C=O) groups excluding carboxylic acids is 1. The highest BCUT2D eigenvalue weighted by Crippen LogP contribution is 2.29. The maximum Gasteiger partial charge on any atom is 0.251 e. The first-order chi connectivity index (χ1) is 7.58. The number of carbonyl (C=O) groups is 1. The second kappa shape index (κ2) is 5.96. The van der Waals surface area contributed by atoms with Gasteiger partial charge in [-0.3, -0.25) is 4.79 Å². The van der Waals surface area contributed by atoms with Crippen LogP contribution in [0.2, 0.25) is 0 Å². The van der Waals surface area contributed by atoms with E-state index in [1.165, 1.54) is 0 Å². The van der Waals surface area contributed by atoms with Crippen molar-refractivity contribution in [3.05, 3.63) is 0 Å². The molecule has 0 aromatic carbocycles. The highest BCUT2D eigenvalue weighted by Gasteiger charge is 2.37. The van der Waals surface area contributed by atoms with Gasteiger partial charge in [-0.2, -0.15) is 0 Å². The number of likely N-dealkylation sites (tertiary alicyclic amines) is 1. The molecule has 2 rings (SSSR count). The Bertz CT molecular complexity index is 260. The number of hydrogen-bond donors (Lipinski definition) is 1. The van der Waals surface area contributed by atoms with Crippen LogP contribution in [0, 0.1) is 5.92 Å². The molecule has 1 N–H and O–H groups in total. The summed E-state index contributed by atoms with van der Waals surface area (Å²) in [6.45, 7) is 2.16. The fourth-order valence-electron chi connectivity index (χ4n) is 2.38. The number of hydrogen-bond acceptors (Lipinski definition) is 2. The largest absolute Gasteiger partial charge is 0.342 e. The molecule has 0 aromatic heterocycles. The number of rotatable bonds is 1. The van der Waals surface area contributed by atoms with Gasteiger partial charge in [0.2, 0.25) is 5.91 Å². The summed E-state index contributed by atoms with van der Waals surface area (Å²) in [5.74, 6) is -2.43. The molecule has 2 saturated heterocycles. The van der Waals surface area contributed by atoms with Crippen molar-refractivity contribution in [1.82, 2.24) is 10.2 Å². The molecule has 0 atom stereocenters. The normalized spacial score (nSPS) is 25.2. The van der Waals surface area contributed by atoms with Crippen LogP contribution < -0.4 is 5.32 Å². The Labute approximate surface area is 106 Å². The molecule has 0 radical (unpaired) electrons. The first-order valence-electron chi connectivity index (χ1n) is 5.96. The lowest BCUT2D eigenvalue weighted by Crippen LogP contribution is -2.47. The fraction of sp³-hybridized carbons (Fsp3) is 0.909. The molecule has 2 aliphatic rings. The number of halogens is 3. The summed E-state index contributed by atoms with van der Waals surface area (Å²) in [4.78, 5) is 13.6. The second-order valence-electron chi connectivity index (χ2n) is 4.71. The van der Waals surface area contributed by atoms with E-state index in [1.54, 1.807) is 4.90 Å². The number of alkyl halides is 2. The van der Waals surface area contributed by atoms with Gasteiger partial charge in [-0.25, -0.2) is 8.78 Å². The van der Waals surface area contributed by atoms with E-state index in [2.05, 4.69) is 5.32 Å². The third-order valence-electron chi connectivity index (χ3n) is 3.50. The summed E-state index contributed by atoms with van der Waals surface area (Å²) in [5.41, 5.74) is 0. The van der Waals surface area contributed by atoms with Crippen LogP contribution in [0.15, 0.2) is 0 Å². The molecule has 2 aliphatic heterocycles. The Hall–Kier alpha value is -0.420. The lowest BCUT2D eigenvalue weighted by molar-refractivity contribution is -0.142. The van der Waals surface area contributed by atoms with Gasteiger partial charge >= 0.3 is 0 Å². The van der Waals surface area contributed by atoms with Crippen molar-refractivity contribution in [3.8, 4) is 0 Å². The lowest BCUT2D eigenvalue weighted by Gasteiger charge is -2.35. The van der Waals surface area contributed by atoms with Crippen molar-refractivity contribution >= 4 is 18.3 Å². The van der Waals surface area contributed by atoms with Crippen molar-refractivity contribution in [2.24, 2.45) is 5.92 Å². The van der Waals surface area contributed by atoms with E-state index >= 15 is 0 Å². The third kappa shape index (κ3) is 3.78. The number of piperidine rings is 2. The molecule has 2 heterocycles. The van der Waals surface area contributed by atoms with Gasteiger partial charge in [0.1, 0.15) is 0 Å². The van der Waals surface area contributed by atoms with E-state index in [4.69, 9.17) is 0 Å². The Kier molecular flexibility index (Phi) is 5.13. The van der Waals surface area contributed by atoms with Crippen LogP contribution in [0.1, 0.15) is 25.7 Å². The molecule has 6 heteroatoms. The average Bonchev–Trinajstić information content (AvgIpc) is 2.29. The molecule has 0 spiro atoms. The van der Waals surface area contributed by atoms with Crippen molar-refractivity contribution in [2.45, 2.75) is 31.6 Å². The van der Waals surface area contributed by atoms with Crippen LogP contribution in [0.3, 0.4) is 0 Å². The molecule has 17 heavy (non-hydrogen) atoms. The Balaban J connectivity index is 0.00000144. The van der Waals surface area contributed by atoms with Gasteiger partial charge < -0.3 is 10.2 Å². The molecule has 100 valence electrons. The molecule has 0 unspecified atom stereocenters. The molecule has 3 nitrogen and oxygen atoms in total. The first-order valence-corrected chi connectivity index (χ1v) is 5.96. The van der Waals surface area contributed by atoms with Crippen molar-refractivity contribution in [2.75, 3.05) is 26.2 Å². The summed E-state index contributed by atoms with van der Waals surface area (Å²) >= 11 is 0. The minimum Gasteiger partial charge on any atom is -0.342 e. The average molecular weight is 269 g/mol. The summed E-state index contributed by atoms with van der Waals surface area (Å²) < 4.78 is 25.9.